The fourth-order valence-corrected chi connectivity index (χ4v) is 1.63. The molecule has 1 heterocycles. The Labute approximate surface area is 86.7 Å². The molecule has 0 saturated heterocycles. The van der Waals surface area contributed by atoms with E-state index >= 15 is 0 Å². The zero-order valence-corrected chi connectivity index (χ0v) is 9.72. The average Bonchev–Trinajstić information content (AvgIpc) is 2.53. The van der Waals surface area contributed by atoms with E-state index in [2.05, 4.69) is 9.71 Å². The minimum atomic E-state index is -1.08. The molecule has 0 aromatic carbocycles. The van der Waals surface area contributed by atoms with Gasteiger partial charge in [0.15, 0.2) is 6.39 Å². The third-order valence-electron chi connectivity index (χ3n) is 1.74. The van der Waals surface area contributed by atoms with Gasteiger partial charge in [0.05, 0.1) is 27.5 Å². The van der Waals surface area contributed by atoms with Crippen LogP contribution in [0.4, 0.5) is 0 Å². The number of hydrogen-bond donors (Lipinski definition) is 1. The summed E-state index contributed by atoms with van der Waals surface area (Å²) >= 11 is 0. The molecule has 1 N–H and O–H groups in total. The van der Waals surface area contributed by atoms with Gasteiger partial charge in [-0.2, -0.15) is 0 Å². The van der Waals surface area contributed by atoms with Gasteiger partial charge in [-0.05, 0) is 27.7 Å². The van der Waals surface area contributed by atoms with Crippen molar-refractivity contribution in [2.24, 2.45) is 0 Å². The molecule has 0 unspecified atom stereocenters. The maximum Gasteiger partial charge on any atom is 0.180 e. The molecule has 0 aliphatic heterocycles. The highest BCUT2D eigenvalue weighted by Crippen LogP contribution is 2.15. The first kappa shape index (κ1) is 11.4. The average molecular weight is 216 g/mol. The summed E-state index contributed by atoms with van der Waals surface area (Å²) in [6.45, 7) is 7.67. The summed E-state index contributed by atoms with van der Waals surface area (Å²) in [6.07, 6.45) is 2.92. The number of nitrogens with one attached hydrogen (secondary N) is 1. The van der Waals surface area contributed by atoms with Crippen molar-refractivity contribution in [1.82, 2.24) is 9.71 Å². The van der Waals surface area contributed by atoms with Gasteiger partial charge < -0.3 is 4.42 Å². The Morgan fingerprint density at radius 3 is 2.64 bits per heavy atom. The first-order valence-corrected chi connectivity index (χ1v) is 5.62. The van der Waals surface area contributed by atoms with Gasteiger partial charge in [0.25, 0.3) is 0 Å². The van der Waals surface area contributed by atoms with E-state index in [1.165, 1.54) is 6.39 Å². The lowest BCUT2D eigenvalue weighted by molar-refractivity contribution is 0.553. The topological polar surface area (TPSA) is 55.1 Å². The molecule has 0 saturated carbocycles. The quantitative estimate of drug-likeness (QED) is 0.838. The van der Waals surface area contributed by atoms with Gasteiger partial charge in [0.1, 0.15) is 6.26 Å². The SMILES string of the molecule is C[C@@H](N[S@](=O)C(C)(C)C)c1cocn1. The van der Waals surface area contributed by atoms with Gasteiger partial charge in [0, 0.05) is 0 Å². The summed E-state index contributed by atoms with van der Waals surface area (Å²) in [5, 5.41) is 0. The van der Waals surface area contributed by atoms with Crippen molar-refractivity contribution in [2.75, 3.05) is 0 Å². The Balaban J connectivity index is 2.58. The maximum absolute atomic E-state index is 11.7. The largest absolute Gasteiger partial charge is 0.451 e. The van der Waals surface area contributed by atoms with Crippen LogP contribution in [-0.4, -0.2) is 13.9 Å². The summed E-state index contributed by atoms with van der Waals surface area (Å²) in [5.74, 6) is 0. The van der Waals surface area contributed by atoms with Gasteiger partial charge in [-0.1, -0.05) is 0 Å². The smallest absolute Gasteiger partial charge is 0.180 e. The van der Waals surface area contributed by atoms with E-state index in [1.807, 2.05) is 27.7 Å². The second-order valence-corrected chi connectivity index (χ2v) is 6.13. The monoisotopic (exact) mass is 216 g/mol. The van der Waals surface area contributed by atoms with E-state index < -0.39 is 11.0 Å². The molecule has 0 amide bonds. The summed E-state index contributed by atoms with van der Waals surface area (Å²) in [6, 6.07) is -0.0613. The number of aromatic nitrogens is 1. The van der Waals surface area contributed by atoms with Gasteiger partial charge in [-0.25, -0.2) is 13.9 Å². The van der Waals surface area contributed by atoms with Crippen molar-refractivity contribution in [1.29, 1.82) is 0 Å². The normalized spacial score (nSPS) is 16.6. The fraction of sp³-hybridized carbons (Fsp3) is 0.667. The van der Waals surface area contributed by atoms with Crippen LogP contribution in [0.1, 0.15) is 39.4 Å². The van der Waals surface area contributed by atoms with Gasteiger partial charge >= 0.3 is 0 Å². The predicted molar refractivity (Wildman–Crippen MR) is 55.9 cm³/mol. The summed E-state index contributed by atoms with van der Waals surface area (Å²) in [4.78, 5) is 3.99. The van der Waals surface area contributed by atoms with Gasteiger partial charge in [0.2, 0.25) is 0 Å². The van der Waals surface area contributed by atoms with Crippen molar-refractivity contribution < 1.29 is 8.63 Å². The lowest BCUT2D eigenvalue weighted by Gasteiger charge is -2.20. The van der Waals surface area contributed by atoms with Crippen LogP contribution in [0.3, 0.4) is 0 Å². The first-order chi connectivity index (χ1) is 6.41. The molecular weight excluding hydrogens is 200 g/mol. The molecule has 5 heteroatoms. The fourth-order valence-electron chi connectivity index (χ4n) is 0.833. The molecule has 2 atom stereocenters. The van der Waals surface area contributed by atoms with Gasteiger partial charge in [-0.3, -0.25) is 0 Å². The van der Waals surface area contributed by atoms with Crippen LogP contribution in [0.2, 0.25) is 0 Å². The van der Waals surface area contributed by atoms with E-state index in [-0.39, 0.29) is 10.8 Å². The molecule has 0 aliphatic carbocycles. The van der Waals surface area contributed by atoms with Crippen LogP contribution in [0.25, 0.3) is 0 Å². The first-order valence-electron chi connectivity index (χ1n) is 4.47. The molecule has 0 radical (unpaired) electrons. The van der Waals surface area contributed by atoms with Crippen molar-refractivity contribution in [3.63, 3.8) is 0 Å². The minimum Gasteiger partial charge on any atom is -0.451 e. The molecule has 1 aromatic rings. The lowest BCUT2D eigenvalue weighted by Crippen LogP contribution is -2.34. The van der Waals surface area contributed by atoms with Gasteiger partial charge in [-0.15, -0.1) is 0 Å². The van der Waals surface area contributed by atoms with Crippen molar-refractivity contribution >= 4 is 11.0 Å². The minimum absolute atomic E-state index is 0.0613. The predicted octanol–water partition coefficient (Wildman–Crippen LogP) is 1.79. The number of hydrogen-bond acceptors (Lipinski definition) is 3. The molecule has 0 spiro atoms. The Morgan fingerprint density at radius 2 is 2.21 bits per heavy atom. The molecule has 0 aliphatic rings. The highest BCUT2D eigenvalue weighted by atomic mass is 32.2. The summed E-state index contributed by atoms with van der Waals surface area (Å²) in [7, 11) is -1.08. The van der Waals surface area contributed by atoms with E-state index in [9.17, 15) is 4.21 Å². The number of rotatable bonds is 3. The molecule has 0 bridgehead atoms. The van der Waals surface area contributed by atoms with Crippen LogP contribution in [0.15, 0.2) is 17.1 Å². The van der Waals surface area contributed by atoms with Crippen LogP contribution in [0, 0.1) is 0 Å². The molecule has 14 heavy (non-hydrogen) atoms. The molecular formula is C9H16N2O2S. The summed E-state index contributed by atoms with van der Waals surface area (Å²) in [5.41, 5.74) is 0.766. The molecule has 80 valence electrons. The summed E-state index contributed by atoms with van der Waals surface area (Å²) < 4.78 is 19.3. The second-order valence-electron chi connectivity index (χ2n) is 4.13. The Bertz CT molecular complexity index is 303. The Hall–Kier alpha value is -0.680. The van der Waals surface area contributed by atoms with Crippen molar-refractivity contribution in [3.05, 3.63) is 18.4 Å². The Morgan fingerprint density at radius 1 is 1.57 bits per heavy atom. The number of oxazole rings is 1. The third kappa shape index (κ3) is 2.92. The zero-order valence-electron chi connectivity index (χ0n) is 8.90. The highest BCUT2D eigenvalue weighted by Gasteiger charge is 2.22. The van der Waals surface area contributed by atoms with Crippen LogP contribution in [-0.2, 0) is 11.0 Å². The molecule has 0 fully saturated rings. The maximum atomic E-state index is 11.7. The van der Waals surface area contributed by atoms with Crippen molar-refractivity contribution in [3.8, 4) is 0 Å². The van der Waals surface area contributed by atoms with E-state index in [1.54, 1.807) is 6.26 Å². The van der Waals surface area contributed by atoms with E-state index in [0.717, 1.165) is 5.69 Å². The second kappa shape index (κ2) is 4.23. The molecule has 1 aromatic heterocycles. The highest BCUT2D eigenvalue weighted by molar-refractivity contribution is 7.84. The van der Waals surface area contributed by atoms with Crippen LogP contribution < -0.4 is 4.72 Å². The standard InChI is InChI=1S/C9H16N2O2S/c1-7(8-5-13-6-10-8)11-14(12)9(2,3)4/h5-7,11H,1-4H3/t7-,14-/m1/s1. The van der Waals surface area contributed by atoms with E-state index in [4.69, 9.17) is 4.42 Å². The lowest BCUT2D eigenvalue weighted by atomic mass is 10.3. The molecule has 1 rings (SSSR count). The number of nitrogens with zero attached hydrogens (tertiary/aromatic N) is 1. The Kier molecular flexibility index (Phi) is 3.44. The third-order valence-corrected chi connectivity index (χ3v) is 3.42. The van der Waals surface area contributed by atoms with E-state index in [0.29, 0.717) is 0 Å². The zero-order chi connectivity index (χ0) is 10.8. The molecule has 4 nitrogen and oxygen atoms in total. The van der Waals surface area contributed by atoms with Crippen LogP contribution in [0.5, 0.6) is 0 Å². The van der Waals surface area contributed by atoms with Crippen LogP contribution >= 0.6 is 0 Å². The van der Waals surface area contributed by atoms with Crippen molar-refractivity contribution in [2.45, 2.75) is 38.5 Å².